The maximum Gasteiger partial charge on any atom is 0.256 e. The number of benzene rings is 2. The summed E-state index contributed by atoms with van der Waals surface area (Å²) in [6.45, 7) is 2.13. The van der Waals surface area contributed by atoms with E-state index >= 15 is 0 Å². The Morgan fingerprint density at radius 1 is 1.00 bits per heavy atom. The number of likely N-dealkylation sites (tertiary alicyclic amines) is 1. The van der Waals surface area contributed by atoms with Crippen molar-refractivity contribution < 1.29 is 9.18 Å². The molecule has 4 aromatic rings. The van der Waals surface area contributed by atoms with E-state index in [9.17, 15) is 9.18 Å². The monoisotopic (exact) mass is 457 g/mol. The summed E-state index contributed by atoms with van der Waals surface area (Å²) in [7, 11) is 2.14. The molecule has 1 amide bonds. The number of nitrogens with zero attached hydrogens (tertiary/aromatic N) is 5. The van der Waals surface area contributed by atoms with Gasteiger partial charge in [-0.1, -0.05) is 6.07 Å². The number of hydrogen-bond donors (Lipinski definition) is 2. The van der Waals surface area contributed by atoms with E-state index in [0.29, 0.717) is 22.9 Å². The van der Waals surface area contributed by atoms with E-state index in [1.165, 1.54) is 24.3 Å². The lowest BCUT2D eigenvalue weighted by atomic mass is 10.1. The maximum atomic E-state index is 13.1. The van der Waals surface area contributed by atoms with Crippen LogP contribution in [0.4, 0.5) is 16.0 Å². The second-order valence-corrected chi connectivity index (χ2v) is 8.48. The Morgan fingerprint density at radius 2 is 1.79 bits per heavy atom. The van der Waals surface area contributed by atoms with Crippen molar-refractivity contribution in [1.29, 1.82) is 0 Å². The number of hydrogen-bond acceptors (Lipinski definition) is 7. The van der Waals surface area contributed by atoms with Crippen LogP contribution in [-0.4, -0.2) is 57.2 Å². The van der Waals surface area contributed by atoms with Gasteiger partial charge in [-0.15, -0.1) is 10.2 Å². The van der Waals surface area contributed by atoms with Crippen LogP contribution in [0.2, 0.25) is 0 Å². The van der Waals surface area contributed by atoms with Gasteiger partial charge < -0.3 is 15.5 Å². The number of anilines is 2. The molecule has 2 N–H and O–H groups in total. The summed E-state index contributed by atoms with van der Waals surface area (Å²) in [5, 5.41) is 15.3. The van der Waals surface area contributed by atoms with Crippen molar-refractivity contribution in [2.24, 2.45) is 0 Å². The minimum atomic E-state index is -0.400. The highest BCUT2D eigenvalue weighted by Gasteiger charge is 2.17. The molecular formula is C25H24FN7O. The summed E-state index contributed by atoms with van der Waals surface area (Å²) >= 11 is 0. The van der Waals surface area contributed by atoms with Gasteiger partial charge in [0.15, 0.2) is 5.82 Å². The molecule has 172 valence electrons. The molecule has 8 nitrogen and oxygen atoms in total. The fourth-order valence-electron chi connectivity index (χ4n) is 3.99. The summed E-state index contributed by atoms with van der Waals surface area (Å²) in [6, 6.07) is 13.2. The molecule has 0 saturated carbocycles. The van der Waals surface area contributed by atoms with Crippen LogP contribution in [0.3, 0.4) is 0 Å². The summed E-state index contributed by atoms with van der Waals surface area (Å²) in [6.07, 6.45) is 5.62. The summed E-state index contributed by atoms with van der Waals surface area (Å²) < 4.78 is 13.1. The van der Waals surface area contributed by atoms with Crippen molar-refractivity contribution in [2.75, 3.05) is 30.8 Å². The van der Waals surface area contributed by atoms with Gasteiger partial charge in [0, 0.05) is 22.6 Å². The smallest absolute Gasteiger partial charge is 0.256 e. The molecule has 3 heterocycles. The van der Waals surface area contributed by atoms with E-state index in [1.807, 2.05) is 18.2 Å². The number of carbonyl (C=O) groups is 1. The molecule has 0 aliphatic carbocycles. The van der Waals surface area contributed by atoms with Gasteiger partial charge >= 0.3 is 0 Å². The predicted molar refractivity (Wildman–Crippen MR) is 129 cm³/mol. The number of rotatable bonds is 5. The van der Waals surface area contributed by atoms with Gasteiger partial charge in [0.1, 0.15) is 11.6 Å². The second kappa shape index (κ2) is 9.48. The van der Waals surface area contributed by atoms with Crippen LogP contribution in [-0.2, 0) is 0 Å². The lowest BCUT2D eigenvalue weighted by Crippen LogP contribution is -2.36. The van der Waals surface area contributed by atoms with Crippen LogP contribution in [0.1, 0.15) is 23.2 Å². The van der Waals surface area contributed by atoms with Crippen molar-refractivity contribution in [3.8, 4) is 11.3 Å². The third-order valence-electron chi connectivity index (χ3n) is 5.93. The first-order chi connectivity index (χ1) is 16.5. The Kier molecular flexibility index (Phi) is 6.09. The van der Waals surface area contributed by atoms with E-state index in [0.717, 1.165) is 48.4 Å². The fourth-order valence-corrected chi connectivity index (χ4v) is 3.99. The number of halogens is 1. The number of aromatic nitrogens is 4. The van der Waals surface area contributed by atoms with Gasteiger partial charge in [-0.3, -0.25) is 9.78 Å². The summed E-state index contributed by atoms with van der Waals surface area (Å²) in [5.41, 5.74) is 2.66. The van der Waals surface area contributed by atoms with Gasteiger partial charge in [0.25, 0.3) is 5.91 Å². The molecule has 2 aromatic heterocycles. The van der Waals surface area contributed by atoms with Crippen molar-refractivity contribution in [2.45, 2.75) is 18.9 Å². The number of carbonyl (C=O) groups excluding carboxylic acids is 1. The molecule has 0 spiro atoms. The quantitative estimate of drug-likeness (QED) is 0.468. The Balaban J connectivity index is 1.35. The van der Waals surface area contributed by atoms with Crippen molar-refractivity contribution in [3.05, 3.63) is 72.3 Å². The van der Waals surface area contributed by atoms with Crippen molar-refractivity contribution >= 4 is 28.4 Å². The Labute approximate surface area is 196 Å². The topological polar surface area (TPSA) is 95.9 Å². The third kappa shape index (κ3) is 4.99. The minimum absolute atomic E-state index is 0.308. The van der Waals surface area contributed by atoms with Crippen LogP contribution in [0.25, 0.3) is 22.2 Å². The largest absolute Gasteiger partial charge is 0.366 e. The molecule has 0 bridgehead atoms. The van der Waals surface area contributed by atoms with E-state index < -0.39 is 5.82 Å². The van der Waals surface area contributed by atoms with Gasteiger partial charge in [-0.25, -0.2) is 9.37 Å². The summed E-state index contributed by atoms with van der Waals surface area (Å²) in [4.78, 5) is 23.9. The first-order valence-electron chi connectivity index (χ1n) is 11.2. The SMILES string of the molecule is CN1CCC(Nc2cncc(-c3ccc4nnc(NC(=O)c5ccc(F)cc5)cc4c3)n2)CC1. The van der Waals surface area contributed by atoms with Crippen molar-refractivity contribution in [3.63, 3.8) is 0 Å². The Morgan fingerprint density at radius 3 is 2.59 bits per heavy atom. The van der Waals surface area contributed by atoms with Crippen LogP contribution in [0, 0.1) is 5.82 Å². The van der Waals surface area contributed by atoms with E-state index in [1.54, 1.807) is 18.5 Å². The molecule has 1 aliphatic rings. The highest BCUT2D eigenvalue weighted by atomic mass is 19.1. The van der Waals surface area contributed by atoms with Gasteiger partial charge in [-0.05, 0) is 75.4 Å². The molecular weight excluding hydrogens is 433 g/mol. The highest BCUT2D eigenvalue weighted by molar-refractivity contribution is 6.04. The molecule has 34 heavy (non-hydrogen) atoms. The zero-order valence-electron chi connectivity index (χ0n) is 18.7. The normalized spacial score (nSPS) is 14.8. The lowest BCUT2D eigenvalue weighted by Gasteiger charge is -2.29. The fraction of sp³-hybridized carbons (Fsp3) is 0.240. The molecule has 1 aliphatic heterocycles. The van der Waals surface area contributed by atoms with E-state index in [4.69, 9.17) is 4.98 Å². The molecule has 1 saturated heterocycles. The van der Waals surface area contributed by atoms with E-state index in [2.05, 4.69) is 37.8 Å². The van der Waals surface area contributed by atoms with Crippen LogP contribution < -0.4 is 10.6 Å². The minimum Gasteiger partial charge on any atom is -0.366 e. The molecule has 0 atom stereocenters. The number of amides is 1. The third-order valence-corrected chi connectivity index (χ3v) is 5.93. The van der Waals surface area contributed by atoms with Gasteiger partial charge in [-0.2, -0.15) is 0 Å². The average molecular weight is 458 g/mol. The van der Waals surface area contributed by atoms with Crippen molar-refractivity contribution in [1.82, 2.24) is 25.1 Å². The van der Waals surface area contributed by atoms with Gasteiger partial charge in [0.2, 0.25) is 0 Å². The first kappa shape index (κ1) is 21.8. The average Bonchev–Trinajstić information content (AvgIpc) is 2.85. The zero-order chi connectivity index (χ0) is 23.5. The maximum absolute atomic E-state index is 13.1. The van der Waals surface area contributed by atoms with Gasteiger partial charge in [0.05, 0.1) is 23.6 Å². The van der Waals surface area contributed by atoms with E-state index in [-0.39, 0.29) is 5.91 Å². The number of fused-ring (bicyclic) bond motifs is 1. The number of nitrogens with one attached hydrogen (secondary N) is 2. The lowest BCUT2D eigenvalue weighted by molar-refractivity contribution is 0.102. The van der Waals surface area contributed by atoms with Crippen LogP contribution in [0.15, 0.2) is 60.9 Å². The molecule has 0 unspecified atom stereocenters. The van der Waals surface area contributed by atoms with Crippen LogP contribution >= 0.6 is 0 Å². The summed E-state index contributed by atoms with van der Waals surface area (Å²) in [5.74, 6) is 0.279. The molecule has 2 aromatic carbocycles. The first-order valence-corrected chi connectivity index (χ1v) is 11.2. The second-order valence-electron chi connectivity index (χ2n) is 8.48. The molecule has 9 heteroatoms. The zero-order valence-corrected chi connectivity index (χ0v) is 18.7. The molecule has 1 fully saturated rings. The molecule has 5 rings (SSSR count). The standard InChI is InChI=1S/C25H24FN7O/c1-33-10-8-20(9-11-33)28-24-15-27-14-22(29-24)17-4-7-21-18(12-17)13-23(32-31-21)30-25(34)16-2-5-19(26)6-3-16/h2-7,12-15,20H,8-11H2,1H3,(H,28,29)(H,30,32,34). The molecule has 0 radical (unpaired) electrons. The Bertz CT molecular complexity index is 1320. The highest BCUT2D eigenvalue weighted by Crippen LogP contribution is 2.24. The predicted octanol–water partition coefficient (Wildman–Crippen LogP) is 3.98. The Hall–Kier alpha value is -3.98. The number of piperidine rings is 1. The van der Waals surface area contributed by atoms with Crippen LogP contribution in [0.5, 0.6) is 0 Å².